The maximum Gasteiger partial charge on any atom is 0.278 e. The number of anilines is 2. The number of carbonyl (C=O) groups is 2. The number of imidazole rings is 1. The molecule has 0 aliphatic carbocycles. The number of aryl methyl sites for hydroxylation is 1. The molecule has 2 amide bonds. The Bertz CT molecular complexity index is 1750. The van der Waals surface area contributed by atoms with E-state index in [4.69, 9.17) is 11.6 Å². The molecular weight excluding hydrogens is 504 g/mol. The summed E-state index contributed by atoms with van der Waals surface area (Å²) < 4.78 is 1.68. The Morgan fingerprint density at radius 2 is 1.87 bits per heavy atom. The first-order valence-electron chi connectivity index (χ1n) is 12.1. The molecule has 3 aromatic carbocycles. The van der Waals surface area contributed by atoms with Crippen LogP contribution in [0.3, 0.4) is 0 Å². The van der Waals surface area contributed by atoms with Gasteiger partial charge in [0.2, 0.25) is 0 Å². The van der Waals surface area contributed by atoms with Gasteiger partial charge in [0.25, 0.3) is 11.8 Å². The van der Waals surface area contributed by atoms with E-state index in [9.17, 15) is 19.8 Å². The van der Waals surface area contributed by atoms with Crippen molar-refractivity contribution in [3.8, 4) is 11.5 Å². The van der Waals surface area contributed by atoms with E-state index in [0.717, 1.165) is 21.9 Å². The molecule has 1 aliphatic rings. The number of fused-ring (bicyclic) bond motifs is 4. The Labute approximate surface area is 222 Å². The highest BCUT2D eigenvalue weighted by Crippen LogP contribution is 2.46. The molecule has 3 heterocycles. The molecule has 1 atom stereocenters. The minimum atomic E-state index is -0.330. The van der Waals surface area contributed by atoms with Crippen LogP contribution in [0.4, 0.5) is 11.4 Å². The van der Waals surface area contributed by atoms with Crippen molar-refractivity contribution in [3.63, 3.8) is 0 Å². The van der Waals surface area contributed by atoms with Crippen LogP contribution in [0.5, 0.6) is 11.5 Å². The van der Waals surface area contributed by atoms with Crippen molar-refractivity contribution in [2.45, 2.75) is 12.8 Å². The van der Waals surface area contributed by atoms with Crippen molar-refractivity contribution in [1.29, 1.82) is 0 Å². The summed E-state index contributed by atoms with van der Waals surface area (Å²) in [6.45, 7) is 2.37. The number of nitrogens with one attached hydrogen (secondary N) is 1. The van der Waals surface area contributed by atoms with Gasteiger partial charge in [0.05, 0.1) is 11.4 Å². The lowest BCUT2D eigenvalue weighted by Gasteiger charge is -2.17. The van der Waals surface area contributed by atoms with E-state index < -0.39 is 0 Å². The number of aromatic hydroxyl groups is 2. The predicted molar refractivity (Wildman–Crippen MR) is 147 cm³/mol. The van der Waals surface area contributed by atoms with E-state index in [0.29, 0.717) is 35.0 Å². The van der Waals surface area contributed by atoms with Crippen molar-refractivity contribution in [1.82, 2.24) is 9.38 Å². The summed E-state index contributed by atoms with van der Waals surface area (Å²) in [5, 5.41) is 24.7. The number of phenols is 2. The van der Waals surface area contributed by atoms with Gasteiger partial charge in [0.15, 0.2) is 0 Å². The molecule has 2 aromatic heterocycles. The number of aromatic nitrogens is 2. The Morgan fingerprint density at radius 1 is 1.08 bits per heavy atom. The average Bonchev–Trinajstić information content (AvgIpc) is 3.50. The summed E-state index contributed by atoms with van der Waals surface area (Å²) in [4.78, 5) is 32.4. The molecule has 0 radical (unpaired) electrons. The first-order valence-corrected chi connectivity index (χ1v) is 12.6. The fourth-order valence-electron chi connectivity index (χ4n) is 5.14. The van der Waals surface area contributed by atoms with Gasteiger partial charge in [-0.1, -0.05) is 18.2 Å². The Hall–Kier alpha value is -4.56. The maximum absolute atomic E-state index is 13.7. The third kappa shape index (κ3) is 3.90. The Kier molecular flexibility index (Phi) is 5.69. The van der Waals surface area contributed by atoms with Gasteiger partial charge < -0.3 is 24.8 Å². The number of nitrogens with zero attached hydrogens (tertiary/aromatic N) is 3. The van der Waals surface area contributed by atoms with E-state index in [1.54, 1.807) is 39.9 Å². The molecule has 0 saturated carbocycles. The second-order valence-corrected chi connectivity index (χ2v) is 9.71. The second kappa shape index (κ2) is 9.08. The topological polar surface area (TPSA) is 107 Å². The monoisotopic (exact) mass is 526 g/mol. The van der Waals surface area contributed by atoms with Crippen LogP contribution < -0.4 is 10.2 Å². The van der Waals surface area contributed by atoms with E-state index in [1.165, 1.54) is 24.3 Å². The number of carbonyl (C=O) groups excluding carboxylic acids is 2. The summed E-state index contributed by atoms with van der Waals surface area (Å²) in [6.07, 6.45) is 3.30. The van der Waals surface area contributed by atoms with Gasteiger partial charge in [0, 0.05) is 47.8 Å². The summed E-state index contributed by atoms with van der Waals surface area (Å²) in [7, 11) is 0. The zero-order valence-electron chi connectivity index (χ0n) is 20.4. The normalized spacial score (nSPS) is 14.7. The van der Waals surface area contributed by atoms with Gasteiger partial charge in [-0.05, 0) is 59.8 Å². The molecule has 0 fully saturated rings. The van der Waals surface area contributed by atoms with Crippen LogP contribution in [0.1, 0.15) is 37.9 Å². The van der Waals surface area contributed by atoms with Crippen LogP contribution in [-0.2, 0) is 0 Å². The largest absolute Gasteiger partial charge is 0.508 e. The molecule has 38 heavy (non-hydrogen) atoms. The number of amides is 2. The number of hydrogen-bond acceptors (Lipinski definition) is 5. The molecule has 190 valence electrons. The molecule has 3 N–H and O–H groups in total. The van der Waals surface area contributed by atoms with Crippen LogP contribution >= 0.6 is 11.6 Å². The number of phenolic OH excluding ortho intramolecular Hbond substituents is 2. The number of halogens is 1. The van der Waals surface area contributed by atoms with Crippen molar-refractivity contribution < 1.29 is 19.8 Å². The fourth-order valence-corrected chi connectivity index (χ4v) is 5.39. The lowest BCUT2D eigenvalue weighted by molar-refractivity contribution is 0.0982. The van der Waals surface area contributed by atoms with Crippen LogP contribution in [0, 0.1) is 6.92 Å². The molecule has 0 spiro atoms. The molecular formula is C29H23ClN4O4. The van der Waals surface area contributed by atoms with Crippen molar-refractivity contribution in [3.05, 3.63) is 95.4 Å². The zero-order valence-corrected chi connectivity index (χ0v) is 21.1. The van der Waals surface area contributed by atoms with Crippen LogP contribution in [0.25, 0.3) is 16.4 Å². The van der Waals surface area contributed by atoms with Gasteiger partial charge in [-0.25, -0.2) is 4.98 Å². The summed E-state index contributed by atoms with van der Waals surface area (Å²) >= 11 is 6.35. The first-order chi connectivity index (χ1) is 18.3. The van der Waals surface area contributed by atoms with Crippen LogP contribution in [0.15, 0.2) is 73.1 Å². The third-order valence-electron chi connectivity index (χ3n) is 6.96. The Balaban J connectivity index is 1.33. The first kappa shape index (κ1) is 23.8. The summed E-state index contributed by atoms with van der Waals surface area (Å²) in [6, 6.07) is 16.8. The zero-order chi connectivity index (χ0) is 26.6. The standard InChI is InChI=1S/C29H23ClN4O4/c1-16-3-2-4-21-24(36)11-23-27(26(16)21)18(12-30)13-34(23)29(38)22-15-33-14-19(7-10-25(33)32-22)31-28(37)17-5-8-20(35)9-6-17/h2-11,14-15,18,35-36H,12-13H2,1H3,(H,31,37)/t18-/m1/s1. The van der Waals surface area contributed by atoms with E-state index >= 15 is 0 Å². The lowest BCUT2D eigenvalue weighted by atomic mass is 9.92. The number of alkyl halides is 1. The van der Waals surface area contributed by atoms with Gasteiger partial charge in [0.1, 0.15) is 22.8 Å². The third-order valence-corrected chi connectivity index (χ3v) is 7.33. The lowest BCUT2D eigenvalue weighted by Crippen LogP contribution is -2.30. The number of hydrogen-bond donors (Lipinski definition) is 3. The number of rotatable bonds is 4. The van der Waals surface area contributed by atoms with Crippen molar-refractivity contribution in [2.24, 2.45) is 0 Å². The molecule has 1 aliphatic heterocycles. The highest BCUT2D eigenvalue weighted by Gasteiger charge is 2.36. The summed E-state index contributed by atoms with van der Waals surface area (Å²) in [5.41, 5.74) is 4.30. The Morgan fingerprint density at radius 3 is 2.63 bits per heavy atom. The fraction of sp³-hybridized carbons (Fsp3) is 0.138. The molecule has 0 saturated heterocycles. The van der Waals surface area contributed by atoms with Gasteiger partial charge in [-0.3, -0.25) is 9.59 Å². The number of pyridine rings is 1. The van der Waals surface area contributed by atoms with E-state index in [2.05, 4.69) is 10.3 Å². The van der Waals surface area contributed by atoms with Crippen LogP contribution in [-0.4, -0.2) is 43.8 Å². The van der Waals surface area contributed by atoms with E-state index in [-0.39, 0.29) is 34.9 Å². The smallest absolute Gasteiger partial charge is 0.278 e. The summed E-state index contributed by atoms with van der Waals surface area (Å²) in [5.74, 6) is -0.193. The van der Waals surface area contributed by atoms with Gasteiger partial charge in [-0.15, -0.1) is 11.6 Å². The molecule has 0 unspecified atom stereocenters. The molecule has 0 bridgehead atoms. The predicted octanol–water partition coefficient (Wildman–Crippen LogP) is 5.44. The van der Waals surface area contributed by atoms with E-state index in [1.807, 2.05) is 25.1 Å². The highest BCUT2D eigenvalue weighted by atomic mass is 35.5. The van der Waals surface area contributed by atoms with Gasteiger partial charge >= 0.3 is 0 Å². The quantitative estimate of drug-likeness (QED) is 0.270. The number of benzene rings is 3. The second-order valence-electron chi connectivity index (χ2n) is 9.40. The minimum absolute atomic E-state index is 0.0788. The minimum Gasteiger partial charge on any atom is -0.508 e. The van der Waals surface area contributed by atoms with Crippen molar-refractivity contribution in [2.75, 3.05) is 22.6 Å². The SMILES string of the molecule is Cc1cccc2c(O)cc3c(c12)[C@H](CCl)CN3C(=O)c1cn2cc(NC(=O)c3ccc(O)cc3)ccc2n1. The molecule has 9 heteroatoms. The highest BCUT2D eigenvalue weighted by molar-refractivity contribution is 6.19. The van der Waals surface area contributed by atoms with Crippen LogP contribution in [0.2, 0.25) is 0 Å². The van der Waals surface area contributed by atoms with Crippen molar-refractivity contribution >= 4 is 51.2 Å². The molecule has 5 aromatic rings. The molecule has 6 rings (SSSR count). The molecule has 8 nitrogen and oxygen atoms in total. The average molecular weight is 527 g/mol. The maximum atomic E-state index is 13.7. The van der Waals surface area contributed by atoms with Gasteiger partial charge in [-0.2, -0.15) is 0 Å².